The molecule has 12 heavy (non-hydrogen) atoms. The van der Waals surface area contributed by atoms with Gasteiger partial charge in [0.2, 0.25) is 0 Å². The molecule has 0 N–H and O–H groups in total. The second-order valence-electron chi connectivity index (χ2n) is 5.02. The Kier molecular flexibility index (Phi) is 5.19. The largest absolute Gasteiger partial charge is 0.306 e. The fourth-order valence-electron chi connectivity index (χ4n) is 1.46. The Labute approximate surface area is 82.1 Å². The van der Waals surface area contributed by atoms with Crippen LogP contribution in [0.5, 0.6) is 0 Å². The van der Waals surface area contributed by atoms with Crippen molar-refractivity contribution in [3.05, 3.63) is 0 Å². The van der Waals surface area contributed by atoms with Crippen LogP contribution in [0, 0.1) is 11.3 Å². The van der Waals surface area contributed by atoms with E-state index in [9.17, 15) is 0 Å². The highest BCUT2D eigenvalue weighted by atomic mass is 35.5. The molecule has 0 aromatic heterocycles. The molecule has 0 fully saturated rings. The Morgan fingerprint density at radius 3 is 2.17 bits per heavy atom. The number of rotatable bonds is 4. The Hall–Kier alpha value is 0.250. The van der Waals surface area contributed by atoms with Crippen molar-refractivity contribution in [1.29, 1.82) is 0 Å². The Morgan fingerprint density at radius 2 is 1.83 bits per heavy atom. The Bertz CT molecular complexity index is 117. The molecule has 1 unspecified atom stereocenters. The summed E-state index contributed by atoms with van der Waals surface area (Å²) < 4.78 is 0. The highest BCUT2D eigenvalue weighted by Gasteiger charge is 2.14. The van der Waals surface area contributed by atoms with E-state index in [1.807, 2.05) is 0 Å². The molecule has 74 valence electrons. The molecule has 1 nitrogen and oxygen atoms in total. The van der Waals surface area contributed by atoms with Crippen LogP contribution in [0.1, 0.15) is 27.7 Å². The normalized spacial score (nSPS) is 15.2. The summed E-state index contributed by atoms with van der Waals surface area (Å²) in [6.07, 6.45) is 0. The van der Waals surface area contributed by atoms with Crippen molar-refractivity contribution < 1.29 is 0 Å². The predicted molar refractivity (Wildman–Crippen MR) is 56.8 cm³/mol. The van der Waals surface area contributed by atoms with Crippen LogP contribution in [0.3, 0.4) is 0 Å². The smallest absolute Gasteiger partial charge is 0.0261 e. The molecule has 0 heterocycles. The zero-order valence-corrected chi connectivity index (χ0v) is 9.78. The molecule has 0 saturated heterocycles. The van der Waals surface area contributed by atoms with E-state index in [0.29, 0.717) is 11.3 Å². The maximum Gasteiger partial charge on any atom is 0.0261 e. The first-order valence-electron chi connectivity index (χ1n) is 4.59. The van der Waals surface area contributed by atoms with Gasteiger partial charge in [0.1, 0.15) is 0 Å². The lowest BCUT2D eigenvalue weighted by Gasteiger charge is -2.28. The van der Waals surface area contributed by atoms with Crippen LogP contribution in [0.4, 0.5) is 0 Å². The van der Waals surface area contributed by atoms with Gasteiger partial charge < -0.3 is 4.90 Å². The lowest BCUT2D eigenvalue weighted by Crippen LogP contribution is -2.33. The number of nitrogens with zero attached hydrogens (tertiary/aromatic N) is 1. The number of halogens is 1. The van der Waals surface area contributed by atoms with Gasteiger partial charge in [-0.05, 0) is 18.4 Å². The van der Waals surface area contributed by atoms with Crippen LogP contribution in [0.25, 0.3) is 0 Å². The molecule has 0 amide bonds. The van der Waals surface area contributed by atoms with Crippen molar-refractivity contribution in [2.24, 2.45) is 11.3 Å². The SMILES string of the molecule is CC(CCl)CN(C)CC(C)(C)C. The summed E-state index contributed by atoms with van der Waals surface area (Å²) in [5, 5.41) is 0. The van der Waals surface area contributed by atoms with Crippen LogP contribution in [-0.4, -0.2) is 30.9 Å². The number of hydrogen-bond acceptors (Lipinski definition) is 1. The van der Waals surface area contributed by atoms with Gasteiger partial charge in [-0.2, -0.15) is 0 Å². The van der Waals surface area contributed by atoms with Gasteiger partial charge in [-0.15, -0.1) is 11.6 Å². The second-order valence-corrected chi connectivity index (χ2v) is 5.33. The molecule has 0 aliphatic heterocycles. The zero-order valence-electron chi connectivity index (χ0n) is 9.02. The Balaban J connectivity index is 3.66. The molecule has 0 rings (SSSR count). The van der Waals surface area contributed by atoms with Crippen LogP contribution in [-0.2, 0) is 0 Å². The summed E-state index contributed by atoms with van der Waals surface area (Å²) in [6.45, 7) is 11.2. The summed E-state index contributed by atoms with van der Waals surface area (Å²) in [5.74, 6) is 1.35. The standard InChI is InChI=1S/C10H22ClN/c1-9(6-11)7-12(5)8-10(2,3)4/h9H,6-8H2,1-5H3. The average molecular weight is 192 g/mol. The maximum absolute atomic E-state index is 5.74. The molecular weight excluding hydrogens is 170 g/mol. The van der Waals surface area contributed by atoms with Crippen molar-refractivity contribution in [3.8, 4) is 0 Å². The fraction of sp³-hybridized carbons (Fsp3) is 1.00. The van der Waals surface area contributed by atoms with Crippen molar-refractivity contribution in [1.82, 2.24) is 4.90 Å². The van der Waals surface area contributed by atoms with Gasteiger partial charge in [0, 0.05) is 19.0 Å². The first-order valence-corrected chi connectivity index (χ1v) is 5.13. The van der Waals surface area contributed by atoms with Crippen molar-refractivity contribution in [3.63, 3.8) is 0 Å². The lowest BCUT2D eigenvalue weighted by molar-refractivity contribution is 0.209. The molecule has 0 aromatic carbocycles. The van der Waals surface area contributed by atoms with Crippen molar-refractivity contribution in [2.45, 2.75) is 27.7 Å². The van der Waals surface area contributed by atoms with Crippen LogP contribution in [0.2, 0.25) is 0 Å². The van der Waals surface area contributed by atoms with E-state index in [4.69, 9.17) is 11.6 Å². The number of hydrogen-bond donors (Lipinski definition) is 0. The third-order valence-corrected chi connectivity index (χ3v) is 2.16. The van der Waals surface area contributed by atoms with Crippen LogP contribution in [0.15, 0.2) is 0 Å². The summed E-state index contributed by atoms with van der Waals surface area (Å²) in [7, 11) is 2.16. The predicted octanol–water partition coefficient (Wildman–Crippen LogP) is 2.84. The molecule has 0 bridgehead atoms. The molecule has 2 heteroatoms. The van der Waals surface area contributed by atoms with E-state index in [-0.39, 0.29) is 0 Å². The Morgan fingerprint density at radius 1 is 1.33 bits per heavy atom. The molecule has 0 aromatic rings. The summed E-state index contributed by atoms with van der Waals surface area (Å²) >= 11 is 5.74. The van der Waals surface area contributed by atoms with Gasteiger partial charge in [-0.3, -0.25) is 0 Å². The minimum atomic E-state index is 0.390. The van der Waals surface area contributed by atoms with E-state index >= 15 is 0 Å². The molecule has 0 spiro atoms. The van der Waals surface area contributed by atoms with E-state index in [0.717, 1.165) is 19.0 Å². The third-order valence-electron chi connectivity index (χ3n) is 1.63. The first kappa shape index (κ1) is 12.2. The van der Waals surface area contributed by atoms with Gasteiger partial charge in [0.05, 0.1) is 0 Å². The first-order chi connectivity index (χ1) is 5.35. The third kappa shape index (κ3) is 6.93. The topological polar surface area (TPSA) is 3.24 Å². The summed E-state index contributed by atoms with van der Waals surface area (Å²) in [6, 6.07) is 0. The van der Waals surface area contributed by atoms with E-state index < -0.39 is 0 Å². The minimum absolute atomic E-state index is 0.390. The van der Waals surface area contributed by atoms with E-state index in [1.165, 1.54) is 0 Å². The van der Waals surface area contributed by atoms with Crippen molar-refractivity contribution in [2.75, 3.05) is 26.0 Å². The minimum Gasteiger partial charge on any atom is -0.306 e. The van der Waals surface area contributed by atoms with Crippen molar-refractivity contribution >= 4 is 11.6 Å². The fourth-order valence-corrected chi connectivity index (χ4v) is 1.55. The second kappa shape index (κ2) is 5.08. The molecule has 0 aliphatic rings. The summed E-state index contributed by atoms with van der Waals surface area (Å²) in [5.41, 5.74) is 0.390. The maximum atomic E-state index is 5.74. The molecule has 0 aliphatic carbocycles. The highest BCUT2D eigenvalue weighted by molar-refractivity contribution is 6.18. The van der Waals surface area contributed by atoms with Gasteiger partial charge in [0.25, 0.3) is 0 Å². The van der Waals surface area contributed by atoms with Crippen LogP contribution >= 0.6 is 11.6 Å². The van der Waals surface area contributed by atoms with Gasteiger partial charge in [-0.25, -0.2) is 0 Å². The van der Waals surface area contributed by atoms with E-state index in [2.05, 4.69) is 39.6 Å². The quantitative estimate of drug-likeness (QED) is 0.618. The highest BCUT2D eigenvalue weighted by Crippen LogP contribution is 2.15. The van der Waals surface area contributed by atoms with Gasteiger partial charge in [-0.1, -0.05) is 27.7 Å². The van der Waals surface area contributed by atoms with Crippen LogP contribution < -0.4 is 0 Å². The number of alkyl halides is 1. The molecule has 0 radical (unpaired) electrons. The zero-order chi connectivity index (χ0) is 9.78. The van der Waals surface area contributed by atoms with Gasteiger partial charge >= 0.3 is 0 Å². The molecule has 0 saturated carbocycles. The average Bonchev–Trinajstić information content (AvgIpc) is 1.82. The monoisotopic (exact) mass is 191 g/mol. The molecular formula is C10H22ClN. The van der Waals surface area contributed by atoms with E-state index in [1.54, 1.807) is 0 Å². The van der Waals surface area contributed by atoms with Gasteiger partial charge in [0.15, 0.2) is 0 Å². The lowest BCUT2D eigenvalue weighted by atomic mass is 9.96. The summed E-state index contributed by atoms with van der Waals surface area (Å²) in [4.78, 5) is 2.35. The molecule has 1 atom stereocenters.